The molecule has 0 spiro atoms. The molecule has 0 aliphatic carbocycles. The molecule has 1 heterocycles. The quantitative estimate of drug-likeness (QED) is 0.714. The van der Waals surface area contributed by atoms with Gasteiger partial charge in [0.05, 0.1) is 24.7 Å². The maximum atomic E-state index is 10.5. The molecule has 5 nitrogen and oxygen atoms in total. The SMILES string of the molecule is COc1ccc(OCC(O)Cn2c(C(C)C)nc3ccccc32)cc1. The van der Waals surface area contributed by atoms with Crippen molar-refractivity contribution in [2.45, 2.75) is 32.4 Å². The molecule has 1 N–H and O–H groups in total. The summed E-state index contributed by atoms with van der Waals surface area (Å²) in [6, 6.07) is 15.3. The third-order valence-corrected chi connectivity index (χ3v) is 4.10. The van der Waals surface area contributed by atoms with E-state index in [-0.39, 0.29) is 12.5 Å². The molecule has 25 heavy (non-hydrogen) atoms. The number of para-hydroxylation sites is 2. The first-order valence-electron chi connectivity index (χ1n) is 8.48. The van der Waals surface area contributed by atoms with Crippen molar-refractivity contribution in [1.82, 2.24) is 9.55 Å². The Bertz CT molecular complexity index is 825. The van der Waals surface area contributed by atoms with Gasteiger partial charge in [0, 0.05) is 5.92 Å². The zero-order valence-corrected chi connectivity index (χ0v) is 14.8. The number of imidazole rings is 1. The van der Waals surface area contributed by atoms with Crippen LogP contribution in [0.25, 0.3) is 11.0 Å². The van der Waals surface area contributed by atoms with E-state index in [1.807, 2.05) is 48.5 Å². The lowest BCUT2D eigenvalue weighted by Crippen LogP contribution is -2.24. The summed E-state index contributed by atoms with van der Waals surface area (Å²) in [6.07, 6.45) is -0.628. The van der Waals surface area contributed by atoms with Crippen molar-refractivity contribution in [1.29, 1.82) is 0 Å². The molecular formula is C20H24N2O3. The lowest BCUT2D eigenvalue weighted by atomic mass is 10.2. The van der Waals surface area contributed by atoms with E-state index in [2.05, 4.69) is 18.4 Å². The van der Waals surface area contributed by atoms with Gasteiger partial charge in [-0.25, -0.2) is 4.98 Å². The van der Waals surface area contributed by atoms with Crippen LogP contribution in [0.5, 0.6) is 11.5 Å². The number of nitrogens with zero attached hydrogens (tertiary/aromatic N) is 2. The smallest absolute Gasteiger partial charge is 0.119 e. The molecule has 132 valence electrons. The zero-order valence-electron chi connectivity index (χ0n) is 14.8. The van der Waals surface area contributed by atoms with Crippen molar-refractivity contribution in [2.24, 2.45) is 0 Å². The number of hydrogen-bond acceptors (Lipinski definition) is 4. The van der Waals surface area contributed by atoms with E-state index in [1.165, 1.54) is 0 Å². The molecule has 3 aromatic rings. The van der Waals surface area contributed by atoms with Gasteiger partial charge in [0.25, 0.3) is 0 Å². The second-order valence-electron chi connectivity index (χ2n) is 6.36. The Hall–Kier alpha value is -2.53. The fourth-order valence-corrected chi connectivity index (χ4v) is 2.85. The largest absolute Gasteiger partial charge is 0.497 e. The molecule has 0 fully saturated rings. The van der Waals surface area contributed by atoms with Crippen LogP contribution in [-0.4, -0.2) is 34.5 Å². The fraction of sp³-hybridized carbons (Fsp3) is 0.350. The summed E-state index contributed by atoms with van der Waals surface area (Å²) in [6.45, 7) is 4.89. The standard InChI is InChI=1S/C20H24N2O3/c1-14(2)20-21-18-6-4-5-7-19(18)22(20)12-15(23)13-25-17-10-8-16(24-3)9-11-17/h4-11,14-15,23H,12-13H2,1-3H3. The van der Waals surface area contributed by atoms with Gasteiger partial charge in [-0.1, -0.05) is 26.0 Å². The first-order chi connectivity index (χ1) is 12.1. The topological polar surface area (TPSA) is 56.5 Å². The Kier molecular flexibility index (Phi) is 5.24. The lowest BCUT2D eigenvalue weighted by molar-refractivity contribution is 0.0925. The zero-order chi connectivity index (χ0) is 17.8. The van der Waals surface area contributed by atoms with Crippen LogP contribution in [0.1, 0.15) is 25.6 Å². The van der Waals surface area contributed by atoms with E-state index in [9.17, 15) is 5.11 Å². The summed E-state index contributed by atoms with van der Waals surface area (Å²) >= 11 is 0. The number of rotatable bonds is 7. The van der Waals surface area contributed by atoms with Crippen LogP contribution in [0.4, 0.5) is 0 Å². The Morgan fingerprint density at radius 1 is 1.04 bits per heavy atom. The molecule has 1 aromatic heterocycles. The normalized spacial score (nSPS) is 12.5. The van der Waals surface area contributed by atoms with Crippen LogP contribution in [0.3, 0.4) is 0 Å². The highest BCUT2D eigenvalue weighted by Crippen LogP contribution is 2.22. The van der Waals surface area contributed by atoms with E-state index in [1.54, 1.807) is 7.11 Å². The molecule has 0 aliphatic rings. The maximum absolute atomic E-state index is 10.5. The average Bonchev–Trinajstić information content (AvgIpc) is 2.99. The summed E-state index contributed by atoms with van der Waals surface area (Å²) < 4.78 is 12.9. The van der Waals surface area contributed by atoms with Gasteiger partial charge in [-0.05, 0) is 36.4 Å². The minimum Gasteiger partial charge on any atom is -0.497 e. The van der Waals surface area contributed by atoms with Crippen molar-refractivity contribution in [3.05, 3.63) is 54.4 Å². The van der Waals surface area contributed by atoms with Gasteiger partial charge < -0.3 is 19.1 Å². The van der Waals surface area contributed by atoms with Crippen LogP contribution in [0.15, 0.2) is 48.5 Å². The predicted molar refractivity (Wildman–Crippen MR) is 98.3 cm³/mol. The highest BCUT2D eigenvalue weighted by atomic mass is 16.5. The van der Waals surface area contributed by atoms with Crippen LogP contribution in [-0.2, 0) is 6.54 Å². The molecule has 3 rings (SSSR count). The van der Waals surface area contributed by atoms with Gasteiger partial charge in [0.15, 0.2) is 0 Å². The van der Waals surface area contributed by atoms with Crippen LogP contribution >= 0.6 is 0 Å². The Morgan fingerprint density at radius 3 is 2.40 bits per heavy atom. The summed E-state index contributed by atoms with van der Waals surface area (Å²) in [7, 11) is 1.63. The van der Waals surface area contributed by atoms with Crippen LogP contribution in [0.2, 0.25) is 0 Å². The Labute approximate surface area is 147 Å². The maximum Gasteiger partial charge on any atom is 0.119 e. The second kappa shape index (κ2) is 7.57. The molecule has 0 saturated heterocycles. The first kappa shape index (κ1) is 17.3. The summed E-state index contributed by atoms with van der Waals surface area (Å²) in [5, 5.41) is 10.5. The third kappa shape index (κ3) is 3.94. The van der Waals surface area contributed by atoms with Gasteiger partial charge >= 0.3 is 0 Å². The van der Waals surface area contributed by atoms with Crippen molar-refractivity contribution in [3.63, 3.8) is 0 Å². The average molecular weight is 340 g/mol. The molecule has 5 heteroatoms. The molecular weight excluding hydrogens is 316 g/mol. The molecule has 2 aromatic carbocycles. The molecule has 0 saturated carbocycles. The highest BCUT2D eigenvalue weighted by Gasteiger charge is 2.16. The molecule has 1 unspecified atom stereocenters. The van der Waals surface area contributed by atoms with Gasteiger partial charge in [-0.15, -0.1) is 0 Å². The number of ether oxygens (including phenoxy) is 2. The van der Waals surface area contributed by atoms with E-state index in [0.29, 0.717) is 12.3 Å². The fourth-order valence-electron chi connectivity index (χ4n) is 2.85. The second-order valence-corrected chi connectivity index (χ2v) is 6.36. The highest BCUT2D eigenvalue weighted by molar-refractivity contribution is 5.76. The van der Waals surface area contributed by atoms with E-state index < -0.39 is 6.10 Å². The molecule has 0 radical (unpaired) electrons. The minimum absolute atomic E-state index is 0.219. The van der Waals surface area contributed by atoms with Gasteiger partial charge in [-0.3, -0.25) is 0 Å². The Balaban J connectivity index is 1.70. The van der Waals surface area contributed by atoms with Crippen molar-refractivity contribution < 1.29 is 14.6 Å². The first-order valence-corrected chi connectivity index (χ1v) is 8.48. The molecule has 0 bridgehead atoms. The number of benzene rings is 2. The molecule has 0 amide bonds. The number of methoxy groups -OCH3 is 1. The van der Waals surface area contributed by atoms with Crippen molar-refractivity contribution in [2.75, 3.05) is 13.7 Å². The Morgan fingerprint density at radius 2 is 1.72 bits per heavy atom. The van der Waals surface area contributed by atoms with Crippen LogP contribution < -0.4 is 9.47 Å². The van der Waals surface area contributed by atoms with Gasteiger partial charge in [0.2, 0.25) is 0 Å². The van der Waals surface area contributed by atoms with Crippen LogP contribution in [0, 0.1) is 0 Å². The summed E-state index contributed by atoms with van der Waals surface area (Å²) in [5.41, 5.74) is 1.99. The van der Waals surface area contributed by atoms with Crippen molar-refractivity contribution >= 4 is 11.0 Å². The van der Waals surface area contributed by atoms with E-state index >= 15 is 0 Å². The third-order valence-electron chi connectivity index (χ3n) is 4.10. The van der Waals surface area contributed by atoms with Gasteiger partial charge in [-0.2, -0.15) is 0 Å². The van der Waals surface area contributed by atoms with Gasteiger partial charge in [0.1, 0.15) is 30.0 Å². The summed E-state index contributed by atoms with van der Waals surface area (Å²) in [4.78, 5) is 4.70. The predicted octanol–water partition coefficient (Wildman–Crippen LogP) is 3.61. The number of aliphatic hydroxyl groups is 1. The number of aromatic nitrogens is 2. The molecule has 1 atom stereocenters. The number of aliphatic hydroxyl groups excluding tert-OH is 1. The summed E-state index contributed by atoms with van der Waals surface area (Å²) in [5.74, 6) is 2.74. The monoisotopic (exact) mass is 340 g/mol. The van der Waals surface area contributed by atoms with Crippen molar-refractivity contribution in [3.8, 4) is 11.5 Å². The number of hydrogen-bond donors (Lipinski definition) is 1. The number of fused-ring (bicyclic) bond motifs is 1. The molecule has 0 aliphatic heterocycles. The van der Waals surface area contributed by atoms with E-state index in [4.69, 9.17) is 14.5 Å². The minimum atomic E-state index is -0.628. The lowest BCUT2D eigenvalue weighted by Gasteiger charge is -2.17. The van der Waals surface area contributed by atoms with E-state index in [0.717, 1.165) is 22.6 Å².